The van der Waals surface area contributed by atoms with E-state index in [2.05, 4.69) is 46.0 Å². The first-order chi connectivity index (χ1) is 8.94. The number of aryl methyl sites for hydroxylation is 1. The fraction of sp³-hybridized carbons (Fsp3) is 0.429. The summed E-state index contributed by atoms with van der Waals surface area (Å²) in [5.74, 6) is 1.13. The molecule has 0 fully saturated rings. The maximum Gasteiger partial charge on any atom is 0.198 e. The van der Waals surface area contributed by atoms with Gasteiger partial charge >= 0.3 is 0 Å². The van der Waals surface area contributed by atoms with Crippen LogP contribution in [0.1, 0.15) is 32.2 Å². The van der Waals surface area contributed by atoms with E-state index >= 15 is 0 Å². The number of nitrogens with zero attached hydrogens (tertiary/aromatic N) is 4. The van der Waals surface area contributed by atoms with Gasteiger partial charge in [-0.05, 0) is 39.8 Å². The molecule has 0 aliphatic carbocycles. The summed E-state index contributed by atoms with van der Waals surface area (Å²) >= 11 is 0. The molecule has 0 atom stereocenters. The van der Waals surface area contributed by atoms with Gasteiger partial charge in [-0.15, -0.1) is 0 Å². The van der Waals surface area contributed by atoms with Crippen LogP contribution in [0.3, 0.4) is 0 Å². The third kappa shape index (κ3) is 4.06. The largest absolute Gasteiger partial charge is 0.306 e. The lowest BCUT2D eigenvalue weighted by Crippen LogP contribution is -2.35. The van der Waals surface area contributed by atoms with Crippen molar-refractivity contribution in [1.82, 2.24) is 25.3 Å². The highest BCUT2D eigenvalue weighted by atomic mass is 15.0. The predicted octanol–water partition coefficient (Wildman–Crippen LogP) is 2.13. The molecule has 0 aromatic carbocycles. The van der Waals surface area contributed by atoms with Crippen LogP contribution >= 0.6 is 0 Å². The standard InChI is InChI=1S/C14H19N5/c1-10-8-11(9-17-14(2,3)4)19-13(18-10)12-15-6-5-7-16-12/h5-8,17H,9H2,1-4H3. The van der Waals surface area contributed by atoms with Gasteiger partial charge in [-0.25, -0.2) is 19.9 Å². The van der Waals surface area contributed by atoms with Crippen LogP contribution in [0.5, 0.6) is 0 Å². The number of rotatable bonds is 3. The van der Waals surface area contributed by atoms with Gasteiger partial charge in [0.2, 0.25) is 0 Å². The molecule has 2 aromatic rings. The van der Waals surface area contributed by atoms with Gasteiger partial charge in [0.1, 0.15) is 0 Å². The van der Waals surface area contributed by atoms with Crippen molar-refractivity contribution in [3.63, 3.8) is 0 Å². The van der Waals surface area contributed by atoms with E-state index in [-0.39, 0.29) is 5.54 Å². The number of aromatic nitrogens is 4. The van der Waals surface area contributed by atoms with Crippen LogP contribution in [0.25, 0.3) is 11.6 Å². The molecular weight excluding hydrogens is 238 g/mol. The Morgan fingerprint density at radius 2 is 1.74 bits per heavy atom. The smallest absolute Gasteiger partial charge is 0.198 e. The molecule has 2 heterocycles. The van der Waals surface area contributed by atoms with Gasteiger partial charge in [0.15, 0.2) is 11.6 Å². The van der Waals surface area contributed by atoms with Crippen molar-refractivity contribution >= 4 is 0 Å². The molecule has 0 saturated heterocycles. The van der Waals surface area contributed by atoms with E-state index < -0.39 is 0 Å². The zero-order valence-corrected chi connectivity index (χ0v) is 11.8. The van der Waals surface area contributed by atoms with E-state index in [4.69, 9.17) is 0 Å². The minimum Gasteiger partial charge on any atom is -0.306 e. The summed E-state index contributed by atoms with van der Waals surface area (Å²) in [4.78, 5) is 17.3. The SMILES string of the molecule is Cc1cc(CNC(C)(C)C)nc(-c2ncccn2)n1. The van der Waals surface area contributed by atoms with Crippen LogP contribution in [-0.4, -0.2) is 25.5 Å². The van der Waals surface area contributed by atoms with Crippen LogP contribution in [0.2, 0.25) is 0 Å². The fourth-order valence-corrected chi connectivity index (χ4v) is 1.59. The Hall–Kier alpha value is -1.88. The molecule has 5 heteroatoms. The lowest BCUT2D eigenvalue weighted by atomic mass is 10.1. The van der Waals surface area contributed by atoms with Crippen LogP contribution < -0.4 is 5.32 Å². The second kappa shape index (κ2) is 5.40. The summed E-state index contributed by atoms with van der Waals surface area (Å²) in [6.45, 7) is 9.04. The van der Waals surface area contributed by atoms with Crippen LogP contribution in [0.15, 0.2) is 24.5 Å². The second-order valence-corrected chi connectivity index (χ2v) is 5.50. The van der Waals surface area contributed by atoms with Crippen LogP contribution in [0, 0.1) is 6.92 Å². The monoisotopic (exact) mass is 257 g/mol. The van der Waals surface area contributed by atoms with Crippen molar-refractivity contribution in [3.8, 4) is 11.6 Å². The molecule has 0 aliphatic heterocycles. The van der Waals surface area contributed by atoms with Crippen molar-refractivity contribution in [3.05, 3.63) is 35.9 Å². The van der Waals surface area contributed by atoms with Crippen molar-refractivity contribution in [1.29, 1.82) is 0 Å². The van der Waals surface area contributed by atoms with Gasteiger partial charge < -0.3 is 5.32 Å². The highest BCUT2D eigenvalue weighted by Crippen LogP contribution is 2.11. The van der Waals surface area contributed by atoms with E-state index in [0.717, 1.165) is 11.4 Å². The first-order valence-electron chi connectivity index (χ1n) is 6.31. The lowest BCUT2D eigenvalue weighted by Gasteiger charge is -2.20. The first kappa shape index (κ1) is 13.5. The summed E-state index contributed by atoms with van der Waals surface area (Å²) in [5, 5.41) is 3.41. The Morgan fingerprint density at radius 1 is 1.05 bits per heavy atom. The van der Waals surface area contributed by atoms with Crippen molar-refractivity contribution in [2.75, 3.05) is 0 Å². The molecular formula is C14H19N5. The Morgan fingerprint density at radius 3 is 2.37 bits per heavy atom. The summed E-state index contributed by atoms with van der Waals surface area (Å²) in [6.07, 6.45) is 3.39. The average molecular weight is 257 g/mol. The van der Waals surface area contributed by atoms with Crippen molar-refractivity contribution < 1.29 is 0 Å². The van der Waals surface area contributed by atoms with Crippen molar-refractivity contribution in [2.45, 2.75) is 39.8 Å². The van der Waals surface area contributed by atoms with Gasteiger partial charge in [-0.3, -0.25) is 0 Å². The van der Waals surface area contributed by atoms with Gasteiger partial charge in [0.25, 0.3) is 0 Å². The minimum atomic E-state index is 0.0578. The highest BCUT2D eigenvalue weighted by Gasteiger charge is 2.11. The zero-order valence-electron chi connectivity index (χ0n) is 11.8. The average Bonchev–Trinajstić information content (AvgIpc) is 2.36. The second-order valence-electron chi connectivity index (χ2n) is 5.50. The van der Waals surface area contributed by atoms with Gasteiger partial charge in [0.05, 0.1) is 5.69 Å². The van der Waals surface area contributed by atoms with E-state index in [9.17, 15) is 0 Å². The third-order valence-electron chi connectivity index (χ3n) is 2.47. The van der Waals surface area contributed by atoms with Crippen molar-refractivity contribution in [2.24, 2.45) is 0 Å². The van der Waals surface area contributed by atoms with E-state index in [1.165, 1.54) is 0 Å². The summed E-state index contributed by atoms with van der Waals surface area (Å²) in [6, 6.07) is 3.76. The van der Waals surface area contributed by atoms with Gasteiger partial charge in [-0.2, -0.15) is 0 Å². The number of hydrogen-bond donors (Lipinski definition) is 1. The third-order valence-corrected chi connectivity index (χ3v) is 2.47. The van der Waals surface area contributed by atoms with Crippen LogP contribution in [-0.2, 0) is 6.54 Å². The zero-order chi connectivity index (χ0) is 13.9. The normalized spacial score (nSPS) is 11.6. The minimum absolute atomic E-state index is 0.0578. The summed E-state index contributed by atoms with van der Waals surface area (Å²) in [7, 11) is 0. The molecule has 0 bridgehead atoms. The molecule has 0 aliphatic rings. The Balaban J connectivity index is 2.25. The highest BCUT2D eigenvalue weighted by molar-refractivity contribution is 5.42. The molecule has 0 radical (unpaired) electrons. The fourth-order valence-electron chi connectivity index (χ4n) is 1.59. The summed E-state index contributed by atoms with van der Waals surface area (Å²) in [5.41, 5.74) is 1.93. The van der Waals surface area contributed by atoms with E-state index in [0.29, 0.717) is 18.2 Å². The van der Waals surface area contributed by atoms with E-state index in [1.807, 2.05) is 13.0 Å². The van der Waals surface area contributed by atoms with Gasteiger partial charge in [0, 0.05) is 30.2 Å². The molecule has 0 spiro atoms. The van der Waals surface area contributed by atoms with E-state index in [1.54, 1.807) is 18.5 Å². The molecule has 100 valence electrons. The topological polar surface area (TPSA) is 63.6 Å². The van der Waals surface area contributed by atoms with Gasteiger partial charge in [-0.1, -0.05) is 0 Å². The molecule has 0 unspecified atom stereocenters. The number of hydrogen-bond acceptors (Lipinski definition) is 5. The molecule has 2 rings (SSSR count). The molecule has 19 heavy (non-hydrogen) atoms. The first-order valence-corrected chi connectivity index (χ1v) is 6.31. The maximum atomic E-state index is 4.51. The molecule has 1 N–H and O–H groups in total. The Labute approximate surface area is 113 Å². The summed E-state index contributed by atoms with van der Waals surface area (Å²) < 4.78 is 0. The molecule has 0 amide bonds. The maximum absolute atomic E-state index is 4.51. The Kier molecular flexibility index (Phi) is 3.85. The molecule has 2 aromatic heterocycles. The lowest BCUT2D eigenvalue weighted by molar-refractivity contribution is 0.421. The predicted molar refractivity (Wildman–Crippen MR) is 74.4 cm³/mol. The number of nitrogens with one attached hydrogen (secondary N) is 1. The molecule has 5 nitrogen and oxygen atoms in total. The van der Waals surface area contributed by atoms with Crippen LogP contribution in [0.4, 0.5) is 0 Å². The quantitative estimate of drug-likeness (QED) is 0.912. The Bertz CT molecular complexity index is 546. The molecule has 0 saturated carbocycles.